The summed E-state index contributed by atoms with van der Waals surface area (Å²) in [6, 6.07) is 13.4. The van der Waals surface area contributed by atoms with Gasteiger partial charge in [-0.05, 0) is 48.2 Å². The van der Waals surface area contributed by atoms with E-state index in [1.54, 1.807) is 32.4 Å². The number of carbonyl (C=O) groups is 1. The molecular weight excluding hydrogens is 304 g/mol. The summed E-state index contributed by atoms with van der Waals surface area (Å²) in [5, 5.41) is 4.00. The van der Waals surface area contributed by atoms with Gasteiger partial charge in [0.15, 0.2) is 11.5 Å². The van der Waals surface area contributed by atoms with E-state index in [9.17, 15) is 4.79 Å². The highest BCUT2D eigenvalue weighted by Crippen LogP contribution is 2.29. The van der Waals surface area contributed by atoms with Crippen LogP contribution in [0.2, 0.25) is 0 Å². The van der Waals surface area contributed by atoms with Crippen molar-refractivity contribution < 1.29 is 14.3 Å². The molecule has 1 aromatic heterocycles. The zero-order valence-corrected chi connectivity index (χ0v) is 14.0. The van der Waals surface area contributed by atoms with Crippen LogP contribution in [-0.4, -0.2) is 25.1 Å². The summed E-state index contributed by atoms with van der Waals surface area (Å²) < 4.78 is 10.4. The highest BCUT2D eigenvalue weighted by molar-refractivity contribution is 5.93. The number of anilines is 1. The van der Waals surface area contributed by atoms with Crippen molar-refractivity contribution in [1.82, 2.24) is 4.98 Å². The van der Waals surface area contributed by atoms with Crippen molar-refractivity contribution in [3.8, 4) is 11.5 Å². The molecule has 0 radical (unpaired) electrons. The van der Waals surface area contributed by atoms with Crippen molar-refractivity contribution in [2.24, 2.45) is 0 Å². The Hall–Kier alpha value is -2.95. The average Bonchev–Trinajstić information content (AvgIpc) is 2.93. The van der Waals surface area contributed by atoms with Crippen LogP contribution < -0.4 is 14.8 Å². The number of hydrogen-bond acceptors (Lipinski definition) is 3. The van der Waals surface area contributed by atoms with Gasteiger partial charge in [0.2, 0.25) is 5.91 Å². The maximum atomic E-state index is 12.3. The Balaban J connectivity index is 1.72. The topological polar surface area (TPSA) is 63.3 Å². The second kappa shape index (κ2) is 6.66. The first-order valence-electron chi connectivity index (χ1n) is 7.69. The fourth-order valence-corrected chi connectivity index (χ4v) is 2.74. The van der Waals surface area contributed by atoms with Gasteiger partial charge < -0.3 is 19.8 Å². The number of fused-ring (bicyclic) bond motifs is 1. The second-order valence-electron chi connectivity index (χ2n) is 5.67. The minimum absolute atomic E-state index is 0.0752. The number of benzene rings is 2. The fraction of sp³-hybridized carbons (Fsp3) is 0.211. The number of methoxy groups -OCH3 is 2. The van der Waals surface area contributed by atoms with E-state index < -0.39 is 0 Å². The molecule has 3 rings (SSSR count). The third-order valence-corrected chi connectivity index (χ3v) is 3.85. The minimum atomic E-state index is -0.0752. The summed E-state index contributed by atoms with van der Waals surface area (Å²) in [5.74, 6) is 1.14. The van der Waals surface area contributed by atoms with Gasteiger partial charge in [-0.1, -0.05) is 6.07 Å². The lowest BCUT2D eigenvalue weighted by atomic mass is 10.1. The van der Waals surface area contributed by atoms with Crippen LogP contribution >= 0.6 is 0 Å². The fourth-order valence-electron chi connectivity index (χ4n) is 2.74. The van der Waals surface area contributed by atoms with Crippen LogP contribution in [-0.2, 0) is 11.2 Å². The van der Waals surface area contributed by atoms with Crippen molar-refractivity contribution in [3.63, 3.8) is 0 Å². The van der Waals surface area contributed by atoms with E-state index in [4.69, 9.17) is 9.47 Å². The summed E-state index contributed by atoms with van der Waals surface area (Å²) in [6.45, 7) is 2.02. The molecule has 2 N–H and O–H groups in total. The Morgan fingerprint density at radius 2 is 1.83 bits per heavy atom. The van der Waals surface area contributed by atoms with Crippen LogP contribution in [0.1, 0.15) is 11.3 Å². The molecule has 0 atom stereocenters. The van der Waals surface area contributed by atoms with Crippen LogP contribution in [0.5, 0.6) is 11.5 Å². The van der Waals surface area contributed by atoms with Gasteiger partial charge in [-0.3, -0.25) is 4.79 Å². The lowest BCUT2D eigenvalue weighted by Crippen LogP contribution is -2.14. The molecule has 0 saturated carbocycles. The number of amides is 1. The Kier molecular flexibility index (Phi) is 4.42. The molecule has 124 valence electrons. The van der Waals surface area contributed by atoms with Gasteiger partial charge in [-0.2, -0.15) is 0 Å². The first kappa shape index (κ1) is 15.9. The van der Waals surface area contributed by atoms with E-state index in [1.165, 1.54) is 0 Å². The molecule has 3 aromatic rings. The second-order valence-corrected chi connectivity index (χ2v) is 5.67. The standard InChI is InChI=1S/C19H20N2O3/c1-12-8-14-9-13(4-6-16(14)20-12)10-19(22)21-15-5-7-17(23-2)18(11-15)24-3/h4-9,11,20H,10H2,1-3H3,(H,21,22). The maximum Gasteiger partial charge on any atom is 0.228 e. The van der Waals surface area contributed by atoms with E-state index in [0.717, 1.165) is 22.2 Å². The van der Waals surface area contributed by atoms with E-state index in [2.05, 4.69) is 16.4 Å². The number of aryl methyl sites for hydroxylation is 1. The van der Waals surface area contributed by atoms with Gasteiger partial charge in [0.05, 0.1) is 20.6 Å². The molecule has 0 saturated heterocycles. The first-order chi connectivity index (χ1) is 11.6. The van der Waals surface area contributed by atoms with Gasteiger partial charge in [0, 0.05) is 23.0 Å². The predicted octanol–water partition coefficient (Wildman–Crippen LogP) is 3.67. The van der Waals surface area contributed by atoms with Gasteiger partial charge in [0.25, 0.3) is 0 Å². The lowest BCUT2D eigenvalue weighted by molar-refractivity contribution is -0.115. The zero-order chi connectivity index (χ0) is 17.1. The molecule has 1 amide bonds. The molecule has 0 spiro atoms. The molecule has 2 aromatic carbocycles. The number of hydrogen-bond donors (Lipinski definition) is 2. The van der Waals surface area contributed by atoms with Crippen molar-refractivity contribution in [3.05, 3.63) is 53.7 Å². The van der Waals surface area contributed by atoms with E-state index in [0.29, 0.717) is 23.6 Å². The molecule has 0 bridgehead atoms. The molecule has 0 aliphatic carbocycles. The largest absolute Gasteiger partial charge is 0.493 e. The van der Waals surface area contributed by atoms with Gasteiger partial charge in [-0.25, -0.2) is 0 Å². The zero-order valence-electron chi connectivity index (χ0n) is 14.0. The molecule has 1 heterocycles. The highest BCUT2D eigenvalue weighted by Gasteiger charge is 2.09. The van der Waals surface area contributed by atoms with Crippen molar-refractivity contribution in [1.29, 1.82) is 0 Å². The Bertz CT molecular complexity index is 883. The lowest BCUT2D eigenvalue weighted by Gasteiger charge is -2.10. The Morgan fingerprint density at radius 1 is 1.04 bits per heavy atom. The molecule has 0 aliphatic heterocycles. The van der Waals surface area contributed by atoms with Crippen molar-refractivity contribution in [2.75, 3.05) is 19.5 Å². The number of rotatable bonds is 5. The molecule has 24 heavy (non-hydrogen) atoms. The van der Waals surface area contributed by atoms with Gasteiger partial charge in [-0.15, -0.1) is 0 Å². The van der Waals surface area contributed by atoms with E-state index in [1.807, 2.05) is 25.1 Å². The summed E-state index contributed by atoms with van der Waals surface area (Å²) >= 11 is 0. The summed E-state index contributed by atoms with van der Waals surface area (Å²) in [4.78, 5) is 15.6. The van der Waals surface area contributed by atoms with E-state index in [-0.39, 0.29) is 5.91 Å². The quantitative estimate of drug-likeness (QED) is 0.752. The summed E-state index contributed by atoms with van der Waals surface area (Å²) in [5.41, 5.74) is 3.84. The van der Waals surface area contributed by atoms with Crippen molar-refractivity contribution in [2.45, 2.75) is 13.3 Å². The molecule has 0 aliphatic rings. The summed E-state index contributed by atoms with van der Waals surface area (Å²) in [6.07, 6.45) is 0.314. The SMILES string of the molecule is COc1ccc(NC(=O)Cc2ccc3[nH]c(C)cc3c2)cc1OC. The molecule has 0 unspecified atom stereocenters. The average molecular weight is 324 g/mol. The number of H-pyrrole nitrogens is 1. The number of ether oxygens (including phenoxy) is 2. The van der Waals surface area contributed by atoms with Crippen LogP contribution in [0.4, 0.5) is 5.69 Å². The molecule has 5 heteroatoms. The maximum absolute atomic E-state index is 12.3. The first-order valence-corrected chi connectivity index (χ1v) is 7.69. The van der Waals surface area contributed by atoms with Crippen LogP contribution in [0, 0.1) is 6.92 Å². The monoisotopic (exact) mass is 324 g/mol. The Labute approximate surface area is 140 Å². The van der Waals surface area contributed by atoms with E-state index >= 15 is 0 Å². The van der Waals surface area contributed by atoms with Gasteiger partial charge >= 0.3 is 0 Å². The smallest absolute Gasteiger partial charge is 0.228 e. The number of aromatic amines is 1. The molecule has 0 fully saturated rings. The van der Waals surface area contributed by atoms with Crippen LogP contribution in [0.25, 0.3) is 10.9 Å². The third-order valence-electron chi connectivity index (χ3n) is 3.85. The number of nitrogens with one attached hydrogen (secondary N) is 2. The minimum Gasteiger partial charge on any atom is -0.493 e. The van der Waals surface area contributed by atoms with Crippen LogP contribution in [0.15, 0.2) is 42.5 Å². The number of aromatic nitrogens is 1. The third kappa shape index (κ3) is 3.35. The molecular formula is C19H20N2O3. The number of carbonyl (C=O) groups excluding carboxylic acids is 1. The van der Waals surface area contributed by atoms with Crippen molar-refractivity contribution >= 4 is 22.5 Å². The van der Waals surface area contributed by atoms with Gasteiger partial charge in [0.1, 0.15) is 0 Å². The van der Waals surface area contributed by atoms with Crippen LogP contribution in [0.3, 0.4) is 0 Å². The highest BCUT2D eigenvalue weighted by atomic mass is 16.5. The summed E-state index contributed by atoms with van der Waals surface area (Å²) in [7, 11) is 3.15. The Morgan fingerprint density at radius 3 is 2.58 bits per heavy atom. The predicted molar refractivity (Wildman–Crippen MR) is 94.9 cm³/mol. The molecule has 5 nitrogen and oxygen atoms in total. The normalized spacial score (nSPS) is 10.6.